The Balaban J connectivity index is 1.55. The predicted octanol–water partition coefficient (Wildman–Crippen LogP) is 5.97. The van der Waals surface area contributed by atoms with Crippen LogP contribution in [0.25, 0.3) is 22.2 Å². The second-order valence-electron chi connectivity index (χ2n) is 8.93. The minimum Gasteiger partial charge on any atom is -0.361 e. The van der Waals surface area contributed by atoms with Crippen molar-refractivity contribution in [2.24, 2.45) is 0 Å². The van der Waals surface area contributed by atoms with Crippen LogP contribution in [0.1, 0.15) is 17.0 Å². The standard InChI is InChI=1S/C26H23F3N6O3S/c1-15-4-10-20(11-5-15)39(36,37)35-13-12-21-23(30-14-26(27,28)29)32-25(33-24(21)35)31-19-8-6-18(7-9-19)22-16(2)34-38-17(22)3/h4-13H,14H2,1-3H3,(H2,30,31,32,33). The molecule has 2 aromatic carbocycles. The Morgan fingerprint density at radius 3 is 2.26 bits per heavy atom. The van der Waals surface area contributed by atoms with Crippen molar-refractivity contribution in [2.45, 2.75) is 31.8 Å². The Bertz CT molecular complexity index is 1740. The number of benzene rings is 2. The number of nitrogens with one attached hydrogen (secondary N) is 2. The Kier molecular flexibility index (Phi) is 6.54. The Labute approximate surface area is 221 Å². The van der Waals surface area contributed by atoms with Crippen molar-refractivity contribution in [3.63, 3.8) is 0 Å². The highest BCUT2D eigenvalue weighted by Crippen LogP contribution is 2.31. The smallest absolute Gasteiger partial charge is 0.361 e. The van der Waals surface area contributed by atoms with Gasteiger partial charge in [-0.3, -0.25) is 0 Å². The van der Waals surface area contributed by atoms with E-state index in [4.69, 9.17) is 4.52 Å². The summed E-state index contributed by atoms with van der Waals surface area (Å²) in [7, 11) is -4.09. The van der Waals surface area contributed by atoms with Crippen molar-refractivity contribution in [3.05, 3.63) is 77.8 Å². The molecule has 5 aromatic rings. The first kappa shape index (κ1) is 26.2. The van der Waals surface area contributed by atoms with Gasteiger partial charge in [-0.25, -0.2) is 12.4 Å². The minimum atomic E-state index is -4.52. The zero-order chi connectivity index (χ0) is 27.9. The van der Waals surface area contributed by atoms with Crippen LogP contribution < -0.4 is 10.6 Å². The van der Waals surface area contributed by atoms with Crippen molar-refractivity contribution in [2.75, 3.05) is 17.2 Å². The third kappa shape index (κ3) is 5.30. The average Bonchev–Trinajstić information content (AvgIpc) is 3.46. The number of nitrogens with zero attached hydrogens (tertiary/aromatic N) is 4. The van der Waals surface area contributed by atoms with Crippen LogP contribution in [0.5, 0.6) is 0 Å². The number of alkyl halides is 3. The lowest BCUT2D eigenvalue weighted by molar-refractivity contribution is -0.115. The molecule has 2 N–H and O–H groups in total. The molecule has 202 valence electrons. The topological polar surface area (TPSA) is 115 Å². The molecule has 3 heterocycles. The quantitative estimate of drug-likeness (QED) is 0.252. The average molecular weight is 557 g/mol. The van der Waals surface area contributed by atoms with Crippen molar-refractivity contribution >= 4 is 38.5 Å². The molecule has 0 atom stereocenters. The van der Waals surface area contributed by atoms with Crippen molar-refractivity contribution in [3.8, 4) is 11.1 Å². The number of aryl methyl sites for hydroxylation is 3. The van der Waals surface area contributed by atoms with E-state index < -0.39 is 22.7 Å². The molecule has 3 aromatic heterocycles. The second-order valence-corrected chi connectivity index (χ2v) is 10.7. The molecule has 0 radical (unpaired) electrons. The lowest BCUT2D eigenvalue weighted by atomic mass is 10.0. The summed E-state index contributed by atoms with van der Waals surface area (Å²) in [4.78, 5) is 8.59. The van der Waals surface area contributed by atoms with Crippen LogP contribution in [0, 0.1) is 20.8 Å². The Morgan fingerprint density at radius 1 is 0.949 bits per heavy atom. The van der Waals surface area contributed by atoms with Gasteiger partial charge in [0.2, 0.25) is 5.95 Å². The molecule has 13 heteroatoms. The fraction of sp³-hybridized carbons (Fsp3) is 0.192. The van der Waals surface area contributed by atoms with Gasteiger partial charge in [0, 0.05) is 17.4 Å². The van der Waals surface area contributed by atoms with Crippen LogP contribution in [0.2, 0.25) is 0 Å². The first-order valence-corrected chi connectivity index (χ1v) is 13.2. The third-order valence-electron chi connectivity index (χ3n) is 6.01. The fourth-order valence-corrected chi connectivity index (χ4v) is 5.42. The zero-order valence-electron chi connectivity index (χ0n) is 21.0. The summed E-state index contributed by atoms with van der Waals surface area (Å²) in [5, 5.41) is 9.30. The van der Waals surface area contributed by atoms with Crippen molar-refractivity contribution in [1.82, 2.24) is 19.1 Å². The first-order valence-electron chi connectivity index (χ1n) is 11.7. The highest BCUT2D eigenvalue weighted by molar-refractivity contribution is 7.90. The van der Waals surface area contributed by atoms with Crippen LogP contribution >= 0.6 is 0 Å². The summed E-state index contributed by atoms with van der Waals surface area (Å²) >= 11 is 0. The lowest BCUT2D eigenvalue weighted by Gasteiger charge is -2.13. The van der Waals surface area contributed by atoms with Gasteiger partial charge >= 0.3 is 6.18 Å². The lowest BCUT2D eigenvalue weighted by Crippen LogP contribution is -2.22. The fourth-order valence-electron chi connectivity index (χ4n) is 4.13. The van der Waals surface area contributed by atoms with Gasteiger partial charge in [0.1, 0.15) is 18.1 Å². The number of halogens is 3. The molecule has 39 heavy (non-hydrogen) atoms. The molecular formula is C26H23F3N6O3S. The third-order valence-corrected chi connectivity index (χ3v) is 7.69. The van der Waals surface area contributed by atoms with Gasteiger partial charge in [-0.05, 0) is 56.7 Å². The van der Waals surface area contributed by atoms with Gasteiger partial charge < -0.3 is 15.2 Å². The van der Waals surface area contributed by atoms with E-state index >= 15 is 0 Å². The van der Waals surface area contributed by atoms with Crippen molar-refractivity contribution in [1.29, 1.82) is 0 Å². The van der Waals surface area contributed by atoms with E-state index in [0.717, 1.165) is 26.4 Å². The molecule has 0 aliphatic carbocycles. The van der Waals surface area contributed by atoms with Crippen LogP contribution in [0.3, 0.4) is 0 Å². The molecule has 0 unspecified atom stereocenters. The maximum absolute atomic E-state index is 13.4. The van der Waals surface area contributed by atoms with Crippen LogP contribution in [-0.4, -0.2) is 40.2 Å². The highest BCUT2D eigenvalue weighted by Gasteiger charge is 2.28. The summed E-state index contributed by atoms with van der Waals surface area (Å²) in [5.41, 5.74) is 3.78. The number of hydrogen-bond acceptors (Lipinski definition) is 8. The molecule has 0 fully saturated rings. The highest BCUT2D eigenvalue weighted by atomic mass is 32.2. The molecule has 0 aliphatic heterocycles. The van der Waals surface area contributed by atoms with E-state index in [0.29, 0.717) is 11.4 Å². The maximum Gasteiger partial charge on any atom is 0.405 e. The van der Waals surface area contributed by atoms with Gasteiger partial charge in [0.05, 0.1) is 16.0 Å². The van der Waals surface area contributed by atoms with Crippen LogP contribution in [0.4, 0.5) is 30.6 Å². The van der Waals surface area contributed by atoms with E-state index in [2.05, 4.69) is 25.8 Å². The zero-order valence-corrected chi connectivity index (χ0v) is 21.9. The summed E-state index contributed by atoms with van der Waals surface area (Å²) < 4.78 is 72.0. The van der Waals surface area contributed by atoms with Gasteiger partial charge in [0.25, 0.3) is 10.0 Å². The largest absolute Gasteiger partial charge is 0.405 e. The number of rotatable bonds is 7. The van der Waals surface area contributed by atoms with E-state index in [9.17, 15) is 21.6 Å². The van der Waals surface area contributed by atoms with E-state index in [-0.39, 0.29) is 27.7 Å². The minimum absolute atomic E-state index is 0.0124. The Morgan fingerprint density at radius 2 is 1.64 bits per heavy atom. The van der Waals surface area contributed by atoms with Gasteiger partial charge in [-0.2, -0.15) is 23.1 Å². The summed E-state index contributed by atoms with van der Waals surface area (Å²) in [6.45, 7) is 4.10. The summed E-state index contributed by atoms with van der Waals surface area (Å²) in [5.74, 6) is 0.416. The first-order chi connectivity index (χ1) is 18.4. The maximum atomic E-state index is 13.4. The number of hydrogen-bond donors (Lipinski definition) is 2. The molecular weight excluding hydrogens is 533 g/mol. The van der Waals surface area contributed by atoms with Crippen LogP contribution in [-0.2, 0) is 10.0 Å². The monoisotopic (exact) mass is 556 g/mol. The SMILES string of the molecule is Cc1ccc(S(=O)(=O)n2ccc3c(NCC(F)(F)F)nc(Nc4ccc(-c5c(C)noc5C)cc4)nc32)cc1. The van der Waals surface area contributed by atoms with E-state index in [1.165, 1.54) is 24.4 Å². The summed E-state index contributed by atoms with van der Waals surface area (Å²) in [6, 6.07) is 14.7. The van der Waals surface area contributed by atoms with Gasteiger partial charge in [-0.1, -0.05) is 35.0 Å². The molecule has 0 spiro atoms. The molecule has 0 bridgehead atoms. The van der Waals surface area contributed by atoms with E-state index in [1.807, 2.05) is 26.0 Å². The predicted molar refractivity (Wildman–Crippen MR) is 141 cm³/mol. The molecule has 0 saturated carbocycles. The summed E-state index contributed by atoms with van der Waals surface area (Å²) in [6.07, 6.45) is -3.27. The second kappa shape index (κ2) is 9.73. The number of anilines is 3. The van der Waals surface area contributed by atoms with Gasteiger partial charge in [0.15, 0.2) is 5.65 Å². The molecule has 5 rings (SSSR count). The van der Waals surface area contributed by atoms with Crippen LogP contribution in [0.15, 0.2) is 70.2 Å². The number of aromatic nitrogens is 4. The van der Waals surface area contributed by atoms with Gasteiger partial charge in [-0.15, -0.1) is 0 Å². The van der Waals surface area contributed by atoms with Crippen molar-refractivity contribution < 1.29 is 26.1 Å². The number of fused-ring (bicyclic) bond motifs is 1. The molecule has 9 nitrogen and oxygen atoms in total. The van der Waals surface area contributed by atoms with E-state index in [1.54, 1.807) is 31.2 Å². The molecule has 0 aliphatic rings. The molecule has 0 amide bonds. The Hall–Kier alpha value is -4.39. The molecule has 0 saturated heterocycles. The normalized spacial score (nSPS) is 12.2.